The van der Waals surface area contributed by atoms with Crippen LogP contribution < -0.4 is 10.6 Å². The Morgan fingerprint density at radius 1 is 1.12 bits per heavy atom. The van der Waals surface area contributed by atoms with E-state index in [0.717, 1.165) is 12.8 Å². The smallest absolute Gasteiger partial charge is 0.292 e. The molecule has 0 saturated carbocycles. The lowest BCUT2D eigenvalue weighted by Gasteiger charge is -2.14. The van der Waals surface area contributed by atoms with Crippen molar-refractivity contribution >= 4 is 17.3 Å². The lowest BCUT2D eigenvalue weighted by atomic mass is 10.1. The van der Waals surface area contributed by atoms with Crippen molar-refractivity contribution in [1.29, 1.82) is 0 Å². The third kappa shape index (κ3) is 5.39. The predicted molar refractivity (Wildman–Crippen MR) is 94.0 cm³/mol. The van der Waals surface area contributed by atoms with E-state index in [1.807, 2.05) is 25.1 Å². The number of nitrogens with zero attached hydrogens (tertiary/aromatic N) is 1. The number of carbonyl (C=O) groups is 1. The van der Waals surface area contributed by atoms with Crippen molar-refractivity contribution in [3.05, 3.63) is 70.3 Å². The molecule has 1 amide bonds. The van der Waals surface area contributed by atoms with Crippen LogP contribution in [0.3, 0.4) is 0 Å². The summed E-state index contributed by atoms with van der Waals surface area (Å²) >= 11 is 0. The van der Waals surface area contributed by atoms with Crippen molar-refractivity contribution in [2.45, 2.75) is 25.8 Å². The number of hydrogen-bond donors (Lipinski definition) is 2. The van der Waals surface area contributed by atoms with Gasteiger partial charge in [0.05, 0.1) is 11.5 Å². The van der Waals surface area contributed by atoms with Gasteiger partial charge >= 0.3 is 0 Å². The highest BCUT2D eigenvalue weighted by molar-refractivity contribution is 5.81. The van der Waals surface area contributed by atoms with Gasteiger partial charge in [0.1, 0.15) is 5.69 Å². The number of nitro groups is 1. The summed E-state index contributed by atoms with van der Waals surface area (Å²) in [5.74, 6) is -0.186. The Labute approximate surface area is 141 Å². The molecule has 0 aliphatic heterocycles. The summed E-state index contributed by atoms with van der Waals surface area (Å²) < 4.78 is 0. The zero-order valence-electron chi connectivity index (χ0n) is 13.6. The Balaban J connectivity index is 1.78. The van der Waals surface area contributed by atoms with Crippen molar-refractivity contribution in [2.75, 3.05) is 11.9 Å². The van der Waals surface area contributed by atoms with Gasteiger partial charge in [0.15, 0.2) is 0 Å². The molecule has 1 unspecified atom stereocenters. The number of hydrogen-bond acceptors (Lipinski definition) is 4. The largest absolute Gasteiger partial charge is 0.371 e. The number of amides is 1. The third-order valence-corrected chi connectivity index (χ3v) is 3.66. The van der Waals surface area contributed by atoms with E-state index in [2.05, 4.69) is 22.8 Å². The van der Waals surface area contributed by atoms with E-state index in [0.29, 0.717) is 5.69 Å². The Kier molecular flexibility index (Phi) is 6.31. The minimum atomic E-state index is -0.470. The van der Waals surface area contributed by atoms with Crippen molar-refractivity contribution < 1.29 is 9.72 Å². The first-order chi connectivity index (χ1) is 11.6. The van der Waals surface area contributed by atoms with Gasteiger partial charge in [-0.15, -0.1) is 0 Å². The second-order valence-corrected chi connectivity index (χ2v) is 5.62. The number of aryl methyl sites for hydroxylation is 1. The van der Waals surface area contributed by atoms with Crippen LogP contribution in [0.4, 0.5) is 11.4 Å². The minimum Gasteiger partial charge on any atom is -0.371 e. The van der Waals surface area contributed by atoms with Crippen LogP contribution in [-0.4, -0.2) is 23.4 Å². The first kappa shape index (κ1) is 17.5. The molecule has 2 N–H and O–H groups in total. The van der Waals surface area contributed by atoms with Crippen LogP contribution in [0.15, 0.2) is 54.6 Å². The highest BCUT2D eigenvalue weighted by atomic mass is 16.6. The van der Waals surface area contributed by atoms with E-state index < -0.39 is 4.92 Å². The fourth-order valence-electron chi connectivity index (χ4n) is 2.38. The molecule has 0 saturated heterocycles. The summed E-state index contributed by atoms with van der Waals surface area (Å²) in [5, 5.41) is 16.6. The monoisotopic (exact) mass is 327 g/mol. The van der Waals surface area contributed by atoms with Crippen LogP contribution in [0.1, 0.15) is 18.9 Å². The maximum absolute atomic E-state index is 12.0. The number of para-hydroxylation sites is 2. The van der Waals surface area contributed by atoms with Crippen LogP contribution in [0.5, 0.6) is 0 Å². The van der Waals surface area contributed by atoms with Gasteiger partial charge in [-0.2, -0.15) is 0 Å². The van der Waals surface area contributed by atoms with Crippen molar-refractivity contribution in [1.82, 2.24) is 5.32 Å². The van der Waals surface area contributed by atoms with E-state index in [1.54, 1.807) is 18.2 Å². The highest BCUT2D eigenvalue weighted by Gasteiger charge is 2.13. The average Bonchev–Trinajstić information content (AvgIpc) is 2.59. The van der Waals surface area contributed by atoms with Crippen molar-refractivity contribution in [3.8, 4) is 0 Å². The standard InChI is InChI=1S/C18H21N3O3/c1-14(11-12-15-7-3-2-4-8-15)20-18(22)13-19-16-9-5-6-10-17(16)21(23)24/h2-10,14,19H,11-13H2,1H3,(H,20,22). The Hall–Kier alpha value is -2.89. The molecule has 0 bridgehead atoms. The number of anilines is 1. The molecule has 126 valence electrons. The quantitative estimate of drug-likeness (QED) is 0.576. The molecule has 0 heterocycles. The molecule has 0 radical (unpaired) electrons. The summed E-state index contributed by atoms with van der Waals surface area (Å²) in [6.07, 6.45) is 1.72. The van der Waals surface area contributed by atoms with E-state index in [1.165, 1.54) is 11.6 Å². The molecule has 2 aromatic rings. The SMILES string of the molecule is CC(CCc1ccccc1)NC(=O)CNc1ccccc1[N+](=O)[O-]. The van der Waals surface area contributed by atoms with Crippen LogP contribution in [0, 0.1) is 10.1 Å². The van der Waals surface area contributed by atoms with Crippen molar-refractivity contribution in [3.63, 3.8) is 0 Å². The summed E-state index contributed by atoms with van der Waals surface area (Å²) in [7, 11) is 0. The van der Waals surface area contributed by atoms with Gasteiger partial charge in [-0.3, -0.25) is 14.9 Å². The molecule has 24 heavy (non-hydrogen) atoms. The molecular weight excluding hydrogens is 306 g/mol. The number of rotatable bonds is 8. The average molecular weight is 327 g/mol. The minimum absolute atomic E-state index is 0.000526. The molecule has 6 nitrogen and oxygen atoms in total. The summed E-state index contributed by atoms with van der Waals surface area (Å²) in [4.78, 5) is 22.4. The molecule has 0 aliphatic rings. The number of carbonyl (C=O) groups excluding carboxylic acids is 1. The lowest BCUT2D eigenvalue weighted by Crippen LogP contribution is -2.37. The maximum atomic E-state index is 12.0. The fourth-order valence-corrected chi connectivity index (χ4v) is 2.38. The third-order valence-electron chi connectivity index (χ3n) is 3.66. The van der Waals surface area contributed by atoms with Gasteiger partial charge < -0.3 is 10.6 Å². The van der Waals surface area contributed by atoms with Gasteiger partial charge in [0.25, 0.3) is 5.69 Å². The topological polar surface area (TPSA) is 84.3 Å². The van der Waals surface area contributed by atoms with Gasteiger partial charge in [-0.05, 0) is 31.4 Å². The zero-order valence-corrected chi connectivity index (χ0v) is 13.6. The molecule has 6 heteroatoms. The first-order valence-electron chi connectivity index (χ1n) is 7.87. The van der Waals surface area contributed by atoms with Crippen LogP contribution >= 0.6 is 0 Å². The highest BCUT2D eigenvalue weighted by Crippen LogP contribution is 2.22. The van der Waals surface area contributed by atoms with Crippen molar-refractivity contribution in [2.24, 2.45) is 0 Å². The Bertz CT molecular complexity index is 689. The molecule has 0 aliphatic carbocycles. The van der Waals surface area contributed by atoms with Crippen LogP contribution in [-0.2, 0) is 11.2 Å². The number of nitrogens with one attached hydrogen (secondary N) is 2. The second kappa shape index (κ2) is 8.67. The first-order valence-corrected chi connectivity index (χ1v) is 7.87. The fraction of sp³-hybridized carbons (Fsp3) is 0.278. The molecule has 0 spiro atoms. The summed E-state index contributed by atoms with van der Waals surface area (Å²) in [6, 6.07) is 16.4. The molecular formula is C18H21N3O3. The summed E-state index contributed by atoms with van der Waals surface area (Å²) in [5.41, 5.74) is 1.54. The molecule has 1 atom stereocenters. The van der Waals surface area contributed by atoms with Gasteiger partial charge in [-0.1, -0.05) is 42.5 Å². The number of benzene rings is 2. The van der Waals surface area contributed by atoms with E-state index in [4.69, 9.17) is 0 Å². The van der Waals surface area contributed by atoms with E-state index >= 15 is 0 Å². The second-order valence-electron chi connectivity index (χ2n) is 5.62. The van der Waals surface area contributed by atoms with Crippen LogP contribution in [0.2, 0.25) is 0 Å². The zero-order chi connectivity index (χ0) is 17.4. The Morgan fingerprint density at radius 3 is 2.50 bits per heavy atom. The van der Waals surface area contributed by atoms with E-state index in [-0.39, 0.29) is 24.2 Å². The molecule has 0 aromatic heterocycles. The Morgan fingerprint density at radius 2 is 1.79 bits per heavy atom. The molecule has 0 fully saturated rings. The number of nitro benzene ring substituents is 1. The van der Waals surface area contributed by atoms with Crippen LogP contribution in [0.25, 0.3) is 0 Å². The predicted octanol–water partition coefficient (Wildman–Crippen LogP) is 3.14. The molecule has 2 rings (SSSR count). The summed E-state index contributed by atoms with van der Waals surface area (Å²) in [6.45, 7) is 1.95. The normalized spacial score (nSPS) is 11.5. The van der Waals surface area contributed by atoms with E-state index in [9.17, 15) is 14.9 Å². The maximum Gasteiger partial charge on any atom is 0.292 e. The van der Waals surface area contributed by atoms with Gasteiger partial charge in [0, 0.05) is 12.1 Å². The van der Waals surface area contributed by atoms with Gasteiger partial charge in [-0.25, -0.2) is 0 Å². The molecule has 2 aromatic carbocycles. The lowest BCUT2D eigenvalue weighted by molar-refractivity contribution is -0.383. The van der Waals surface area contributed by atoms with Gasteiger partial charge in [0.2, 0.25) is 5.91 Å².